The molecule has 0 saturated carbocycles. The number of hydrogen-bond acceptors (Lipinski definition) is 4. The van der Waals surface area contributed by atoms with Crippen LogP contribution >= 0.6 is 0 Å². The van der Waals surface area contributed by atoms with Gasteiger partial charge in [0, 0.05) is 56.3 Å². The van der Waals surface area contributed by atoms with Crippen LogP contribution in [0.2, 0.25) is 0 Å². The molecule has 1 N–H and O–H groups in total. The maximum atomic E-state index is 12.7. The molecule has 0 unspecified atom stereocenters. The fourth-order valence-corrected chi connectivity index (χ4v) is 4.07. The number of anilines is 3. The number of methoxy groups -OCH3 is 1. The number of nitrogens with zero attached hydrogens (tertiary/aromatic N) is 3. The van der Waals surface area contributed by atoms with Gasteiger partial charge in [-0.05, 0) is 67.8 Å². The molecule has 0 aromatic heterocycles. The van der Waals surface area contributed by atoms with Crippen LogP contribution in [-0.2, 0) is 0 Å². The van der Waals surface area contributed by atoms with Crippen LogP contribution in [0.25, 0.3) is 0 Å². The summed E-state index contributed by atoms with van der Waals surface area (Å²) in [7, 11) is 1.67. The van der Waals surface area contributed by atoms with Crippen LogP contribution in [-0.4, -0.2) is 57.3 Å². The maximum Gasteiger partial charge on any atom is 0.321 e. The van der Waals surface area contributed by atoms with Crippen molar-refractivity contribution in [1.29, 1.82) is 0 Å². The van der Waals surface area contributed by atoms with Gasteiger partial charge in [-0.15, -0.1) is 0 Å². The van der Waals surface area contributed by atoms with Crippen LogP contribution in [0.15, 0.2) is 48.5 Å². The van der Waals surface area contributed by atoms with Gasteiger partial charge in [-0.1, -0.05) is 0 Å². The Bertz CT molecular complexity index is 793. The molecule has 2 fully saturated rings. The molecule has 0 spiro atoms. The topological polar surface area (TPSA) is 48.1 Å². The van der Waals surface area contributed by atoms with Crippen LogP contribution in [0.4, 0.5) is 21.9 Å². The van der Waals surface area contributed by atoms with E-state index in [4.69, 9.17) is 4.74 Å². The van der Waals surface area contributed by atoms with Gasteiger partial charge < -0.3 is 24.8 Å². The average Bonchev–Trinajstić information content (AvgIpc) is 2.80. The van der Waals surface area contributed by atoms with Gasteiger partial charge in [0.05, 0.1) is 7.11 Å². The highest BCUT2D eigenvalue weighted by Gasteiger charge is 2.21. The smallest absolute Gasteiger partial charge is 0.321 e. The van der Waals surface area contributed by atoms with Crippen molar-refractivity contribution in [2.45, 2.75) is 19.3 Å². The Kier molecular flexibility index (Phi) is 6.08. The fourth-order valence-electron chi connectivity index (χ4n) is 4.07. The molecule has 2 amide bonds. The molecular formula is C23H30N4O2. The van der Waals surface area contributed by atoms with E-state index in [0.29, 0.717) is 13.1 Å². The van der Waals surface area contributed by atoms with Crippen molar-refractivity contribution < 1.29 is 9.53 Å². The number of rotatable bonds is 4. The Balaban J connectivity index is 1.28. The second kappa shape index (κ2) is 9.07. The summed E-state index contributed by atoms with van der Waals surface area (Å²) in [5, 5.41) is 3.04. The first-order valence-corrected chi connectivity index (χ1v) is 10.5. The van der Waals surface area contributed by atoms with E-state index in [1.54, 1.807) is 7.11 Å². The molecule has 29 heavy (non-hydrogen) atoms. The number of piperidine rings is 1. The Hall–Kier alpha value is -2.89. The summed E-state index contributed by atoms with van der Waals surface area (Å²) in [4.78, 5) is 19.3. The van der Waals surface area contributed by atoms with Gasteiger partial charge in [0.1, 0.15) is 5.75 Å². The first-order valence-electron chi connectivity index (χ1n) is 10.5. The van der Waals surface area contributed by atoms with Gasteiger partial charge in [0.25, 0.3) is 0 Å². The predicted octanol–water partition coefficient (Wildman–Crippen LogP) is 4.04. The largest absolute Gasteiger partial charge is 0.497 e. The number of ether oxygens (including phenoxy) is 1. The lowest BCUT2D eigenvalue weighted by molar-refractivity contribution is 0.208. The summed E-state index contributed by atoms with van der Waals surface area (Å²) in [5.74, 6) is 0.859. The zero-order valence-corrected chi connectivity index (χ0v) is 17.1. The fraction of sp³-hybridized carbons (Fsp3) is 0.435. The Morgan fingerprint density at radius 1 is 0.759 bits per heavy atom. The molecule has 0 atom stereocenters. The van der Waals surface area contributed by atoms with E-state index in [2.05, 4.69) is 39.4 Å². The highest BCUT2D eigenvalue weighted by atomic mass is 16.5. The van der Waals surface area contributed by atoms with Crippen molar-refractivity contribution >= 4 is 23.1 Å². The third-order valence-electron chi connectivity index (χ3n) is 5.84. The van der Waals surface area contributed by atoms with Gasteiger partial charge in [-0.2, -0.15) is 0 Å². The van der Waals surface area contributed by atoms with Crippen molar-refractivity contribution in [3.8, 4) is 5.75 Å². The molecule has 2 aliphatic heterocycles. The molecule has 154 valence electrons. The molecule has 0 radical (unpaired) electrons. The van der Waals surface area contributed by atoms with Gasteiger partial charge in [0.15, 0.2) is 0 Å². The van der Waals surface area contributed by atoms with Crippen molar-refractivity contribution in [2.24, 2.45) is 0 Å². The quantitative estimate of drug-likeness (QED) is 0.850. The van der Waals surface area contributed by atoms with Crippen molar-refractivity contribution in [1.82, 2.24) is 4.90 Å². The van der Waals surface area contributed by atoms with Crippen LogP contribution in [0, 0.1) is 0 Å². The lowest BCUT2D eigenvalue weighted by Crippen LogP contribution is -2.50. The van der Waals surface area contributed by atoms with Crippen LogP contribution in [0.5, 0.6) is 5.75 Å². The van der Waals surface area contributed by atoms with Gasteiger partial charge in [-0.25, -0.2) is 4.79 Å². The first kappa shape index (κ1) is 19.4. The van der Waals surface area contributed by atoms with Crippen molar-refractivity contribution in [3.63, 3.8) is 0 Å². The lowest BCUT2D eigenvalue weighted by Gasteiger charge is -2.36. The minimum atomic E-state index is -0.0231. The predicted molar refractivity (Wildman–Crippen MR) is 118 cm³/mol. The van der Waals surface area contributed by atoms with E-state index in [9.17, 15) is 4.79 Å². The highest BCUT2D eigenvalue weighted by molar-refractivity contribution is 5.89. The Morgan fingerprint density at radius 2 is 1.31 bits per heavy atom. The minimum absolute atomic E-state index is 0.0231. The number of carbonyl (C=O) groups is 1. The van der Waals surface area contributed by atoms with Crippen LogP contribution < -0.4 is 19.9 Å². The summed E-state index contributed by atoms with van der Waals surface area (Å²) in [6.07, 6.45) is 3.86. The van der Waals surface area contributed by atoms with E-state index in [1.165, 1.54) is 30.6 Å². The molecule has 0 bridgehead atoms. The zero-order chi connectivity index (χ0) is 20.1. The van der Waals surface area contributed by atoms with Crippen molar-refractivity contribution in [3.05, 3.63) is 48.5 Å². The molecule has 2 saturated heterocycles. The van der Waals surface area contributed by atoms with Gasteiger partial charge in [-0.3, -0.25) is 0 Å². The molecule has 0 aliphatic carbocycles. The zero-order valence-electron chi connectivity index (χ0n) is 17.1. The summed E-state index contributed by atoms with van der Waals surface area (Å²) in [5.41, 5.74) is 3.27. The molecule has 4 rings (SSSR count). The molecule has 2 aliphatic rings. The van der Waals surface area contributed by atoms with Gasteiger partial charge in [0.2, 0.25) is 0 Å². The van der Waals surface area contributed by atoms with Crippen molar-refractivity contribution in [2.75, 3.05) is 61.5 Å². The minimum Gasteiger partial charge on any atom is -0.497 e. The van der Waals surface area contributed by atoms with E-state index in [1.807, 2.05) is 29.2 Å². The average molecular weight is 395 g/mol. The molecule has 6 nitrogen and oxygen atoms in total. The summed E-state index contributed by atoms with van der Waals surface area (Å²) in [6, 6.07) is 16.3. The normalized spacial score (nSPS) is 17.2. The van der Waals surface area contributed by atoms with Crippen LogP contribution in [0.1, 0.15) is 19.3 Å². The number of nitrogens with one attached hydrogen (secondary N) is 1. The third kappa shape index (κ3) is 4.75. The number of hydrogen-bond donors (Lipinski definition) is 1. The Labute approximate surface area is 173 Å². The second-order valence-corrected chi connectivity index (χ2v) is 7.70. The third-order valence-corrected chi connectivity index (χ3v) is 5.84. The standard InChI is InChI=1S/C23H30N4O2/c1-29-22-11-9-21(10-12-22)26-15-17-27(18-16-26)23(28)24-19-5-7-20(8-6-19)25-13-3-2-4-14-25/h5-12H,2-4,13-18H2,1H3,(H,24,28). The van der Waals surface area contributed by atoms with Gasteiger partial charge >= 0.3 is 6.03 Å². The van der Waals surface area contributed by atoms with E-state index in [-0.39, 0.29) is 6.03 Å². The van der Waals surface area contributed by atoms with E-state index in [0.717, 1.165) is 37.6 Å². The maximum absolute atomic E-state index is 12.7. The lowest BCUT2D eigenvalue weighted by atomic mass is 10.1. The first-order chi connectivity index (χ1) is 14.2. The number of benzene rings is 2. The number of piperazine rings is 1. The highest BCUT2D eigenvalue weighted by Crippen LogP contribution is 2.23. The van der Waals surface area contributed by atoms with E-state index < -0.39 is 0 Å². The van der Waals surface area contributed by atoms with E-state index >= 15 is 0 Å². The Morgan fingerprint density at radius 3 is 1.90 bits per heavy atom. The summed E-state index contributed by atoms with van der Waals surface area (Å²) in [6.45, 7) is 5.34. The molecule has 2 aromatic carbocycles. The molecular weight excluding hydrogens is 364 g/mol. The number of amides is 2. The molecule has 6 heteroatoms. The summed E-state index contributed by atoms with van der Waals surface area (Å²) >= 11 is 0. The second-order valence-electron chi connectivity index (χ2n) is 7.70. The van der Waals surface area contributed by atoms with Crippen LogP contribution in [0.3, 0.4) is 0 Å². The molecule has 2 aromatic rings. The SMILES string of the molecule is COc1ccc(N2CCN(C(=O)Nc3ccc(N4CCCCC4)cc3)CC2)cc1. The summed E-state index contributed by atoms with van der Waals surface area (Å²) < 4.78 is 5.22. The number of carbonyl (C=O) groups excluding carboxylic acids is 1. The monoisotopic (exact) mass is 394 g/mol. The molecule has 2 heterocycles. The number of urea groups is 1.